The van der Waals surface area contributed by atoms with E-state index in [1.807, 2.05) is 12.1 Å². The zero-order valence-corrected chi connectivity index (χ0v) is 11.5. The molecule has 3 heteroatoms. The lowest BCUT2D eigenvalue weighted by atomic mass is 10.1. The van der Waals surface area contributed by atoms with Gasteiger partial charge in [0.25, 0.3) is 0 Å². The van der Waals surface area contributed by atoms with Gasteiger partial charge in [-0.2, -0.15) is 0 Å². The Bertz CT molecular complexity index is 403. The Balaban J connectivity index is 1.48. The number of likely N-dealkylation sites (tertiary alicyclic amines) is 1. The maximum absolute atomic E-state index is 6.21. The monoisotopic (exact) mass is 264 g/mol. The predicted octanol–water partition coefficient (Wildman–Crippen LogP) is 2.91. The number of hydrogen-bond acceptors (Lipinski definition) is 2. The van der Waals surface area contributed by atoms with Crippen LogP contribution < -0.4 is 5.32 Å². The van der Waals surface area contributed by atoms with Crippen LogP contribution in [0, 0.1) is 5.92 Å². The fourth-order valence-electron chi connectivity index (χ4n) is 2.71. The van der Waals surface area contributed by atoms with Gasteiger partial charge in [0.1, 0.15) is 0 Å². The summed E-state index contributed by atoms with van der Waals surface area (Å²) in [5.41, 5.74) is 1.26. The van der Waals surface area contributed by atoms with Crippen molar-refractivity contribution in [2.75, 3.05) is 19.6 Å². The number of hydrogen-bond donors (Lipinski definition) is 1. The van der Waals surface area contributed by atoms with Crippen molar-refractivity contribution in [2.45, 2.75) is 31.8 Å². The molecule has 1 aromatic carbocycles. The molecule has 18 heavy (non-hydrogen) atoms. The highest BCUT2D eigenvalue weighted by Gasteiger charge is 2.26. The van der Waals surface area contributed by atoms with Gasteiger partial charge in [0.05, 0.1) is 0 Å². The lowest BCUT2D eigenvalue weighted by Crippen LogP contribution is -2.27. The van der Waals surface area contributed by atoms with E-state index in [9.17, 15) is 0 Å². The van der Waals surface area contributed by atoms with Crippen LogP contribution >= 0.6 is 11.6 Å². The highest BCUT2D eigenvalue weighted by molar-refractivity contribution is 6.31. The van der Waals surface area contributed by atoms with Gasteiger partial charge in [-0.25, -0.2) is 0 Å². The molecular weight excluding hydrogens is 244 g/mol. The molecule has 1 N–H and O–H groups in total. The molecular formula is C15H21ClN2. The minimum Gasteiger partial charge on any atom is -0.314 e. The molecule has 2 fully saturated rings. The number of nitrogens with zero attached hydrogens (tertiary/aromatic N) is 1. The van der Waals surface area contributed by atoms with Crippen LogP contribution in [0.3, 0.4) is 0 Å². The molecule has 1 aromatic rings. The Morgan fingerprint density at radius 3 is 2.83 bits per heavy atom. The lowest BCUT2D eigenvalue weighted by Gasteiger charge is -2.17. The summed E-state index contributed by atoms with van der Waals surface area (Å²) in [5.74, 6) is 0.827. The highest BCUT2D eigenvalue weighted by atomic mass is 35.5. The van der Waals surface area contributed by atoms with E-state index in [0.717, 1.165) is 23.5 Å². The summed E-state index contributed by atoms with van der Waals surface area (Å²) >= 11 is 6.21. The van der Waals surface area contributed by atoms with Crippen molar-refractivity contribution < 1.29 is 0 Å². The fourth-order valence-corrected chi connectivity index (χ4v) is 2.91. The van der Waals surface area contributed by atoms with E-state index < -0.39 is 0 Å². The van der Waals surface area contributed by atoms with E-state index in [0.29, 0.717) is 0 Å². The van der Waals surface area contributed by atoms with Crippen LogP contribution in [-0.4, -0.2) is 30.6 Å². The minimum absolute atomic E-state index is 0.827. The van der Waals surface area contributed by atoms with E-state index in [2.05, 4.69) is 22.3 Å². The molecule has 1 aliphatic carbocycles. The topological polar surface area (TPSA) is 15.3 Å². The van der Waals surface area contributed by atoms with Crippen molar-refractivity contribution in [1.82, 2.24) is 10.2 Å². The Morgan fingerprint density at radius 1 is 1.22 bits per heavy atom. The maximum Gasteiger partial charge on any atom is 0.0451 e. The Morgan fingerprint density at radius 2 is 2.06 bits per heavy atom. The van der Waals surface area contributed by atoms with Crippen molar-refractivity contribution in [1.29, 1.82) is 0 Å². The molecule has 1 heterocycles. The first-order valence-corrected chi connectivity index (χ1v) is 7.38. The van der Waals surface area contributed by atoms with Gasteiger partial charge in [-0.05, 0) is 49.9 Å². The van der Waals surface area contributed by atoms with Crippen molar-refractivity contribution in [3.05, 3.63) is 34.9 Å². The second-order valence-electron chi connectivity index (χ2n) is 5.66. The Hall–Kier alpha value is -0.570. The molecule has 1 saturated carbocycles. The molecule has 3 rings (SSSR count). The van der Waals surface area contributed by atoms with Crippen LogP contribution in [0.1, 0.15) is 24.8 Å². The highest BCUT2D eigenvalue weighted by Crippen LogP contribution is 2.24. The molecule has 1 unspecified atom stereocenters. The molecule has 0 radical (unpaired) electrons. The van der Waals surface area contributed by atoms with E-state index in [1.165, 1.54) is 44.5 Å². The SMILES string of the molecule is Clc1ccccc1CN1CCC(CNC2CC2)C1. The Kier molecular flexibility index (Phi) is 3.88. The van der Waals surface area contributed by atoms with Crippen LogP contribution in [-0.2, 0) is 6.54 Å². The molecule has 0 aromatic heterocycles. The third-order valence-electron chi connectivity index (χ3n) is 3.99. The van der Waals surface area contributed by atoms with E-state index in [4.69, 9.17) is 11.6 Å². The predicted molar refractivity (Wildman–Crippen MR) is 75.9 cm³/mol. The van der Waals surface area contributed by atoms with Gasteiger partial charge in [0, 0.05) is 24.2 Å². The van der Waals surface area contributed by atoms with Crippen LogP contribution in [0.15, 0.2) is 24.3 Å². The summed E-state index contributed by atoms with van der Waals surface area (Å²) in [6, 6.07) is 9.03. The van der Waals surface area contributed by atoms with Gasteiger partial charge < -0.3 is 5.32 Å². The van der Waals surface area contributed by atoms with Gasteiger partial charge in [0.15, 0.2) is 0 Å². The first-order chi connectivity index (χ1) is 8.81. The third kappa shape index (κ3) is 3.25. The summed E-state index contributed by atoms with van der Waals surface area (Å²) in [5, 5.41) is 4.54. The normalized spacial score (nSPS) is 24.6. The van der Waals surface area contributed by atoms with Crippen LogP contribution in [0.25, 0.3) is 0 Å². The number of nitrogens with one attached hydrogen (secondary N) is 1. The van der Waals surface area contributed by atoms with Crippen molar-refractivity contribution in [3.8, 4) is 0 Å². The average Bonchev–Trinajstić information content (AvgIpc) is 3.10. The average molecular weight is 265 g/mol. The molecule has 1 atom stereocenters. The molecule has 0 bridgehead atoms. The van der Waals surface area contributed by atoms with Crippen molar-refractivity contribution >= 4 is 11.6 Å². The first-order valence-electron chi connectivity index (χ1n) is 7.00. The summed E-state index contributed by atoms with van der Waals surface area (Å²) < 4.78 is 0. The van der Waals surface area contributed by atoms with Gasteiger partial charge in [-0.3, -0.25) is 4.90 Å². The summed E-state index contributed by atoms with van der Waals surface area (Å²) in [6.45, 7) is 4.62. The number of halogens is 1. The third-order valence-corrected chi connectivity index (χ3v) is 4.36. The van der Waals surface area contributed by atoms with Crippen LogP contribution in [0.2, 0.25) is 5.02 Å². The molecule has 2 nitrogen and oxygen atoms in total. The van der Waals surface area contributed by atoms with Gasteiger partial charge in [0.2, 0.25) is 0 Å². The van der Waals surface area contributed by atoms with Crippen molar-refractivity contribution in [3.63, 3.8) is 0 Å². The molecule has 1 saturated heterocycles. The second-order valence-corrected chi connectivity index (χ2v) is 6.07. The zero-order chi connectivity index (χ0) is 12.4. The zero-order valence-electron chi connectivity index (χ0n) is 10.7. The number of rotatable bonds is 5. The summed E-state index contributed by atoms with van der Waals surface area (Å²) in [6.07, 6.45) is 4.09. The van der Waals surface area contributed by atoms with E-state index in [-0.39, 0.29) is 0 Å². The molecule has 0 amide bonds. The summed E-state index contributed by atoms with van der Waals surface area (Å²) in [4.78, 5) is 2.53. The van der Waals surface area contributed by atoms with Crippen LogP contribution in [0.5, 0.6) is 0 Å². The quantitative estimate of drug-likeness (QED) is 0.880. The smallest absolute Gasteiger partial charge is 0.0451 e. The largest absolute Gasteiger partial charge is 0.314 e. The van der Waals surface area contributed by atoms with Gasteiger partial charge in [-0.1, -0.05) is 29.8 Å². The molecule has 1 aliphatic heterocycles. The van der Waals surface area contributed by atoms with E-state index >= 15 is 0 Å². The van der Waals surface area contributed by atoms with Gasteiger partial charge >= 0.3 is 0 Å². The first kappa shape index (κ1) is 12.5. The molecule has 2 aliphatic rings. The summed E-state index contributed by atoms with van der Waals surface area (Å²) in [7, 11) is 0. The Labute approximate surface area is 114 Å². The lowest BCUT2D eigenvalue weighted by molar-refractivity contribution is 0.314. The minimum atomic E-state index is 0.827. The standard InChI is InChI=1S/C15H21ClN2/c16-15-4-2-1-3-13(15)11-18-8-7-12(10-18)9-17-14-5-6-14/h1-4,12,14,17H,5-11H2. The van der Waals surface area contributed by atoms with Crippen LogP contribution in [0.4, 0.5) is 0 Å². The van der Waals surface area contributed by atoms with Gasteiger partial charge in [-0.15, -0.1) is 0 Å². The fraction of sp³-hybridized carbons (Fsp3) is 0.600. The second kappa shape index (κ2) is 5.60. The molecule has 98 valence electrons. The molecule has 0 spiro atoms. The number of benzene rings is 1. The van der Waals surface area contributed by atoms with Crippen molar-refractivity contribution in [2.24, 2.45) is 5.92 Å². The van der Waals surface area contributed by atoms with E-state index in [1.54, 1.807) is 0 Å². The maximum atomic E-state index is 6.21.